The van der Waals surface area contributed by atoms with Crippen molar-refractivity contribution in [2.45, 2.75) is 26.7 Å². The predicted molar refractivity (Wildman–Crippen MR) is 147 cm³/mol. The van der Waals surface area contributed by atoms with E-state index >= 15 is 0 Å². The number of nitrogens with one attached hydrogen (secondary N) is 1. The van der Waals surface area contributed by atoms with E-state index in [4.69, 9.17) is 4.74 Å². The SMILES string of the molecule is CCc1ccc(C2=CC(=CC=C3C=[NH+]c4ccccc43)OC(c3ccc(CC)cc3)=C2)cc1.FB(F)F.[F-]. The smallest absolute Gasteiger partial charge is 0.762 e. The van der Waals surface area contributed by atoms with E-state index in [0.717, 1.165) is 46.8 Å². The van der Waals surface area contributed by atoms with Crippen LogP contribution in [0.4, 0.5) is 18.6 Å². The van der Waals surface area contributed by atoms with Crippen LogP contribution < -0.4 is 9.70 Å². The summed E-state index contributed by atoms with van der Waals surface area (Å²) in [7, 11) is -3.67. The second-order valence-corrected chi connectivity index (χ2v) is 8.58. The zero-order valence-electron chi connectivity index (χ0n) is 21.2. The van der Waals surface area contributed by atoms with Crippen LogP contribution in [-0.4, -0.2) is 13.8 Å². The summed E-state index contributed by atoms with van der Waals surface area (Å²) in [6.45, 7) is 4.36. The van der Waals surface area contributed by atoms with Gasteiger partial charge in [-0.1, -0.05) is 74.5 Å². The lowest BCUT2D eigenvalue weighted by molar-refractivity contribution is -0.342. The van der Waals surface area contributed by atoms with E-state index in [2.05, 4.69) is 110 Å². The second-order valence-electron chi connectivity index (χ2n) is 8.58. The van der Waals surface area contributed by atoms with Gasteiger partial charge in [0.1, 0.15) is 11.5 Å². The quantitative estimate of drug-likeness (QED) is 0.403. The number of aryl methyl sites for hydroxylation is 2. The minimum absolute atomic E-state index is 0. The minimum atomic E-state index is -3.67. The number of hydrogen-bond acceptors (Lipinski definition) is 1. The van der Waals surface area contributed by atoms with Crippen molar-refractivity contribution in [3.05, 3.63) is 131 Å². The maximum atomic E-state index is 9.67. The van der Waals surface area contributed by atoms with Crippen molar-refractivity contribution in [1.29, 1.82) is 0 Å². The van der Waals surface area contributed by atoms with Gasteiger partial charge in [0, 0.05) is 11.6 Å². The molecule has 2 aliphatic heterocycles. The first kappa shape index (κ1) is 28.4. The number of para-hydroxylation sites is 1. The molecule has 1 N–H and O–H groups in total. The fourth-order valence-corrected chi connectivity index (χ4v) is 4.15. The Kier molecular flexibility index (Phi) is 10.1. The Morgan fingerprint density at radius 2 is 1.34 bits per heavy atom. The third-order valence-corrected chi connectivity index (χ3v) is 6.20. The van der Waals surface area contributed by atoms with Crippen molar-refractivity contribution in [1.82, 2.24) is 0 Å². The first-order valence-corrected chi connectivity index (χ1v) is 12.3. The van der Waals surface area contributed by atoms with E-state index in [0.29, 0.717) is 0 Å². The molecule has 3 aromatic carbocycles. The van der Waals surface area contributed by atoms with Crippen molar-refractivity contribution in [3.63, 3.8) is 0 Å². The average molecular weight is 517 g/mol. The highest BCUT2D eigenvalue weighted by Gasteiger charge is 2.18. The molecule has 2 nitrogen and oxygen atoms in total. The molecule has 3 aromatic rings. The van der Waals surface area contributed by atoms with Gasteiger partial charge < -0.3 is 9.44 Å². The van der Waals surface area contributed by atoms with Gasteiger partial charge in [-0.2, -0.15) is 0 Å². The first-order chi connectivity index (χ1) is 18.0. The zero-order valence-corrected chi connectivity index (χ0v) is 21.2. The Hall–Kier alpha value is -4.13. The first-order valence-electron chi connectivity index (χ1n) is 12.3. The molecule has 7 heteroatoms. The summed E-state index contributed by atoms with van der Waals surface area (Å²) in [5.41, 5.74) is 9.58. The van der Waals surface area contributed by atoms with Gasteiger partial charge in [0.15, 0.2) is 6.21 Å². The van der Waals surface area contributed by atoms with E-state index in [1.54, 1.807) is 0 Å². The van der Waals surface area contributed by atoms with Crippen molar-refractivity contribution in [2.75, 3.05) is 0 Å². The number of allylic oxidation sites excluding steroid dienone is 6. The van der Waals surface area contributed by atoms with E-state index in [9.17, 15) is 12.9 Å². The molecule has 0 unspecified atom stereocenters. The molecule has 2 aliphatic rings. The summed E-state index contributed by atoms with van der Waals surface area (Å²) in [6.07, 6.45) is 12.5. The number of halogens is 4. The third kappa shape index (κ3) is 7.22. The zero-order chi connectivity index (χ0) is 26.2. The minimum Gasteiger partial charge on any atom is -1.00 e. The topological polar surface area (TPSA) is 23.2 Å². The number of rotatable bonds is 5. The molecule has 38 heavy (non-hydrogen) atoms. The fourth-order valence-electron chi connectivity index (χ4n) is 4.15. The summed E-state index contributed by atoms with van der Waals surface area (Å²) in [4.78, 5) is 3.34. The van der Waals surface area contributed by atoms with Crippen LogP contribution in [-0.2, 0) is 17.6 Å². The predicted octanol–water partition coefficient (Wildman–Crippen LogP) is 3.91. The van der Waals surface area contributed by atoms with Gasteiger partial charge >= 0.3 is 7.54 Å². The van der Waals surface area contributed by atoms with Crippen LogP contribution in [0.15, 0.2) is 103 Å². The number of ether oxygens (including phenoxy) is 1. The van der Waals surface area contributed by atoms with Crippen LogP contribution in [0.1, 0.15) is 41.7 Å². The lowest BCUT2D eigenvalue weighted by atomic mass is 9.98. The average Bonchev–Trinajstić information content (AvgIpc) is 3.34. The highest BCUT2D eigenvalue weighted by molar-refractivity contribution is 6.33. The molecule has 0 amide bonds. The van der Waals surface area contributed by atoms with Crippen LogP contribution in [0.3, 0.4) is 0 Å². The summed E-state index contributed by atoms with van der Waals surface area (Å²) >= 11 is 0. The number of fused-ring (bicyclic) bond motifs is 1. The van der Waals surface area contributed by atoms with Gasteiger partial charge in [-0.25, -0.2) is 4.99 Å². The number of benzene rings is 3. The highest BCUT2D eigenvalue weighted by atomic mass is 19.4. The molecule has 0 fully saturated rings. The van der Waals surface area contributed by atoms with Crippen LogP contribution in [0.25, 0.3) is 16.9 Å². The fraction of sp³-hybridized carbons (Fsp3) is 0.129. The van der Waals surface area contributed by atoms with E-state index < -0.39 is 7.54 Å². The van der Waals surface area contributed by atoms with Crippen molar-refractivity contribution in [2.24, 2.45) is 0 Å². The Balaban J connectivity index is 0.000000749. The Labute approximate surface area is 221 Å². The van der Waals surface area contributed by atoms with Gasteiger partial charge in [-0.15, -0.1) is 0 Å². The Bertz CT molecular complexity index is 1390. The molecule has 0 aromatic heterocycles. The van der Waals surface area contributed by atoms with E-state index in [-0.39, 0.29) is 4.70 Å². The molecule has 0 radical (unpaired) electrons. The molecular formula is C31H28BF4NO. The van der Waals surface area contributed by atoms with Crippen LogP contribution in [0.2, 0.25) is 0 Å². The molecule has 0 saturated heterocycles. The van der Waals surface area contributed by atoms with Crippen molar-refractivity contribution >= 4 is 36.4 Å². The van der Waals surface area contributed by atoms with Crippen molar-refractivity contribution < 1.29 is 27.4 Å². The van der Waals surface area contributed by atoms with Gasteiger partial charge in [-0.05, 0) is 65.5 Å². The molecule has 0 bridgehead atoms. The lowest BCUT2D eigenvalue weighted by Gasteiger charge is -2.18. The van der Waals surface area contributed by atoms with Gasteiger partial charge in [0.05, 0.1) is 11.1 Å². The molecule has 0 saturated carbocycles. The van der Waals surface area contributed by atoms with Gasteiger partial charge in [0.2, 0.25) is 5.69 Å². The molecule has 2 heterocycles. The van der Waals surface area contributed by atoms with Crippen LogP contribution in [0, 0.1) is 0 Å². The van der Waals surface area contributed by atoms with Crippen LogP contribution in [0.5, 0.6) is 0 Å². The number of hydrogen-bond donors (Lipinski definition) is 1. The Morgan fingerprint density at radius 3 is 1.95 bits per heavy atom. The van der Waals surface area contributed by atoms with E-state index in [1.165, 1.54) is 22.3 Å². The molecular weight excluding hydrogens is 489 g/mol. The third-order valence-electron chi connectivity index (χ3n) is 6.20. The molecule has 0 aliphatic carbocycles. The second kappa shape index (κ2) is 13.4. The standard InChI is InChI=1S/C31H27NO.BF3.FH/c1-3-22-9-13-24(14-10-22)27-19-28(18-17-26-21-32-30-8-6-5-7-29(26)30)33-31(20-27)25-15-11-23(4-2)12-16-25;2-1(3)4;/h5-21H,3-4H2,1-2H3;;1H. The summed E-state index contributed by atoms with van der Waals surface area (Å²) in [5.74, 6) is 1.69. The Morgan fingerprint density at radius 1 is 0.763 bits per heavy atom. The van der Waals surface area contributed by atoms with E-state index in [1.807, 2.05) is 12.3 Å². The maximum absolute atomic E-state index is 9.67. The highest BCUT2D eigenvalue weighted by Crippen LogP contribution is 2.32. The molecule has 0 atom stereocenters. The van der Waals surface area contributed by atoms with Crippen LogP contribution >= 0.6 is 0 Å². The molecule has 0 spiro atoms. The summed E-state index contributed by atoms with van der Waals surface area (Å²) in [6, 6.07) is 25.8. The van der Waals surface area contributed by atoms with Gasteiger partial charge in [-0.3, -0.25) is 12.9 Å². The summed E-state index contributed by atoms with van der Waals surface area (Å²) < 4.78 is 35.4. The largest absolute Gasteiger partial charge is 1.00 e. The molecule has 194 valence electrons. The normalized spacial score (nSPS) is 15.5. The van der Waals surface area contributed by atoms with Crippen molar-refractivity contribution in [3.8, 4) is 0 Å². The monoisotopic (exact) mass is 517 g/mol. The molecule has 5 rings (SSSR count). The van der Waals surface area contributed by atoms with Gasteiger partial charge in [0.25, 0.3) is 0 Å². The summed E-state index contributed by atoms with van der Waals surface area (Å²) in [5, 5.41) is 0. The maximum Gasteiger partial charge on any atom is 0.762 e. The lowest BCUT2D eigenvalue weighted by Crippen LogP contribution is -3.00.